The summed E-state index contributed by atoms with van der Waals surface area (Å²) in [6.07, 6.45) is 8.05. The van der Waals surface area contributed by atoms with Crippen molar-refractivity contribution < 1.29 is 19.4 Å². The molecule has 4 heterocycles. The van der Waals surface area contributed by atoms with Gasteiger partial charge >= 0.3 is 5.97 Å². The zero-order chi connectivity index (χ0) is 35.8. The summed E-state index contributed by atoms with van der Waals surface area (Å²) >= 11 is 0. The van der Waals surface area contributed by atoms with E-state index in [-0.39, 0.29) is 5.56 Å². The number of carboxylic acids is 1. The second-order valence-electron chi connectivity index (χ2n) is 15.0. The Balaban J connectivity index is 0.992. The SMILES string of the molecule is COc1cc(CN2CCN(C3CCN(c4ccc(C(=O)O)c(Oc5cnc6[nH]ccc6c5)c4)CC3)[C@H](c3ccccc3C(C)C)C2)ccc1C1CC1. The van der Waals surface area contributed by atoms with Gasteiger partial charge in [-0.05, 0) is 90.1 Å². The molecule has 1 saturated carbocycles. The second-order valence-corrected chi connectivity index (χ2v) is 15.0. The molecule has 1 atom stereocenters. The van der Waals surface area contributed by atoms with Crippen molar-refractivity contribution in [2.24, 2.45) is 0 Å². The molecule has 5 aromatic rings. The van der Waals surface area contributed by atoms with Crippen LogP contribution in [0, 0.1) is 0 Å². The van der Waals surface area contributed by atoms with Gasteiger partial charge in [-0.25, -0.2) is 9.78 Å². The van der Waals surface area contributed by atoms with Crippen molar-refractivity contribution >= 4 is 22.7 Å². The quantitative estimate of drug-likeness (QED) is 0.142. The first-order valence-electron chi connectivity index (χ1n) is 18.8. The number of benzene rings is 3. The number of ether oxygens (including phenoxy) is 2. The fourth-order valence-corrected chi connectivity index (χ4v) is 8.42. The maximum atomic E-state index is 12.2. The van der Waals surface area contributed by atoms with Crippen molar-refractivity contribution in [1.82, 2.24) is 19.8 Å². The largest absolute Gasteiger partial charge is 0.496 e. The van der Waals surface area contributed by atoms with Gasteiger partial charge in [-0.2, -0.15) is 0 Å². The molecule has 0 radical (unpaired) electrons. The van der Waals surface area contributed by atoms with Gasteiger partial charge in [0.1, 0.15) is 28.5 Å². The topological polar surface area (TPSA) is 94.2 Å². The lowest BCUT2D eigenvalue weighted by atomic mass is 9.88. The van der Waals surface area contributed by atoms with Crippen LogP contribution in [0.5, 0.6) is 17.2 Å². The molecule has 0 bridgehead atoms. The molecule has 0 amide bonds. The Morgan fingerprint density at radius 3 is 2.52 bits per heavy atom. The Bertz CT molecular complexity index is 2050. The summed E-state index contributed by atoms with van der Waals surface area (Å²) in [5.74, 6) is 1.96. The monoisotopic (exact) mass is 699 g/mol. The molecule has 2 N–H and O–H groups in total. The lowest BCUT2D eigenvalue weighted by Crippen LogP contribution is -2.54. The molecule has 0 spiro atoms. The molecule has 2 saturated heterocycles. The van der Waals surface area contributed by atoms with Crippen LogP contribution in [0.25, 0.3) is 11.0 Å². The molecule has 52 heavy (non-hydrogen) atoms. The van der Waals surface area contributed by atoms with E-state index in [2.05, 4.69) is 81.0 Å². The van der Waals surface area contributed by atoms with Crippen molar-refractivity contribution in [3.63, 3.8) is 0 Å². The first-order chi connectivity index (χ1) is 25.3. The van der Waals surface area contributed by atoms with E-state index in [1.165, 1.54) is 35.1 Å². The Hall–Kier alpha value is -4.86. The minimum atomic E-state index is -1.02. The van der Waals surface area contributed by atoms with Gasteiger partial charge in [0.25, 0.3) is 0 Å². The summed E-state index contributed by atoms with van der Waals surface area (Å²) in [5, 5.41) is 10.9. The molecule has 2 aromatic heterocycles. The highest BCUT2D eigenvalue weighted by Gasteiger charge is 2.36. The summed E-state index contributed by atoms with van der Waals surface area (Å²) in [6, 6.07) is 25.9. The van der Waals surface area contributed by atoms with E-state index >= 15 is 0 Å². The summed E-state index contributed by atoms with van der Waals surface area (Å²) in [5.41, 5.74) is 7.43. The highest BCUT2D eigenvalue weighted by molar-refractivity contribution is 5.92. The Labute approximate surface area is 306 Å². The van der Waals surface area contributed by atoms with Gasteiger partial charge in [-0.3, -0.25) is 9.80 Å². The number of pyridine rings is 1. The summed E-state index contributed by atoms with van der Waals surface area (Å²) in [6.45, 7) is 10.3. The first-order valence-corrected chi connectivity index (χ1v) is 18.8. The van der Waals surface area contributed by atoms with Crippen LogP contribution in [-0.4, -0.2) is 76.7 Å². The maximum absolute atomic E-state index is 12.2. The maximum Gasteiger partial charge on any atom is 0.339 e. The molecule has 3 aromatic carbocycles. The van der Waals surface area contributed by atoms with Crippen molar-refractivity contribution in [1.29, 1.82) is 0 Å². The number of rotatable bonds is 11. The zero-order valence-electron chi connectivity index (χ0n) is 30.4. The Kier molecular flexibility index (Phi) is 9.64. The number of anilines is 1. The van der Waals surface area contributed by atoms with E-state index in [0.29, 0.717) is 35.4 Å². The number of nitrogens with zero attached hydrogens (tertiary/aromatic N) is 4. The van der Waals surface area contributed by atoms with Crippen LogP contribution < -0.4 is 14.4 Å². The van der Waals surface area contributed by atoms with Crippen LogP contribution >= 0.6 is 0 Å². The number of aromatic nitrogens is 2. The molecule has 3 fully saturated rings. The molecule has 9 nitrogen and oxygen atoms in total. The molecule has 2 aliphatic heterocycles. The van der Waals surface area contributed by atoms with Crippen LogP contribution in [0.15, 0.2) is 85.2 Å². The summed E-state index contributed by atoms with van der Waals surface area (Å²) in [7, 11) is 1.80. The lowest BCUT2D eigenvalue weighted by Gasteiger charge is -2.48. The number of piperazine rings is 1. The van der Waals surface area contributed by atoms with Gasteiger partial charge in [0.15, 0.2) is 0 Å². The predicted molar refractivity (Wildman–Crippen MR) is 205 cm³/mol. The standard InChI is InChI=1S/C43H49N5O4/c1-28(2)35-6-4-5-7-37(35)39-27-46(26-29-8-12-36(30-9-10-30)40(22-29)51-3)20-21-48(39)32-15-18-47(19-16-32)33-11-13-38(43(49)50)41(24-33)52-34-23-31-14-17-44-42(31)45-25-34/h4-8,11-14,17,22-25,28,30,32,39H,9-10,15-16,18-21,26-27H2,1-3H3,(H,44,45)(H,49,50)/t39-/m0/s1. The van der Waals surface area contributed by atoms with E-state index in [1.54, 1.807) is 19.4 Å². The fraction of sp³-hybridized carbons (Fsp3) is 0.395. The van der Waals surface area contributed by atoms with Gasteiger partial charge in [0.05, 0.1) is 13.3 Å². The van der Waals surface area contributed by atoms with Gasteiger partial charge in [-0.1, -0.05) is 50.2 Å². The average molecular weight is 700 g/mol. The third kappa shape index (κ3) is 7.12. The number of aromatic carboxylic acids is 1. The van der Waals surface area contributed by atoms with Crippen molar-refractivity contribution in [2.45, 2.75) is 70.0 Å². The molecule has 3 aliphatic rings. The summed E-state index contributed by atoms with van der Waals surface area (Å²) < 4.78 is 12.0. The van der Waals surface area contributed by atoms with Gasteiger partial charge in [-0.15, -0.1) is 0 Å². The minimum absolute atomic E-state index is 0.134. The van der Waals surface area contributed by atoms with E-state index < -0.39 is 5.97 Å². The molecule has 0 unspecified atom stereocenters. The number of piperidine rings is 1. The minimum Gasteiger partial charge on any atom is -0.496 e. The molecular formula is C43H49N5O4. The smallest absolute Gasteiger partial charge is 0.339 e. The van der Waals surface area contributed by atoms with Crippen LogP contribution in [0.4, 0.5) is 5.69 Å². The third-order valence-corrected chi connectivity index (χ3v) is 11.3. The number of hydrogen-bond acceptors (Lipinski definition) is 7. The van der Waals surface area contributed by atoms with Gasteiger partial charge in [0, 0.05) is 74.7 Å². The Morgan fingerprint density at radius 2 is 1.75 bits per heavy atom. The average Bonchev–Trinajstić information content (AvgIpc) is 3.91. The van der Waals surface area contributed by atoms with E-state index in [1.807, 2.05) is 30.5 Å². The second kappa shape index (κ2) is 14.6. The van der Waals surface area contributed by atoms with Gasteiger partial charge < -0.3 is 24.5 Å². The number of carboxylic acid groups (broad SMARTS) is 1. The van der Waals surface area contributed by atoms with Crippen molar-refractivity contribution in [3.8, 4) is 17.2 Å². The number of fused-ring (bicyclic) bond motifs is 1. The van der Waals surface area contributed by atoms with Crippen LogP contribution in [0.3, 0.4) is 0 Å². The number of hydrogen-bond donors (Lipinski definition) is 2. The van der Waals surface area contributed by atoms with E-state index in [9.17, 15) is 9.90 Å². The molecule has 270 valence electrons. The molecular weight excluding hydrogens is 651 g/mol. The van der Waals surface area contributed by atoms with Crippen LogP contribution in [-0.2, 0) is 6.54 Å². The van der Waals surface area contributed by atoms with Crippen molar-refractivity contribution in [2.75, 3.05) is 44.7 Å². The van der Waals surface area contributed by atoms with E-state index in [0.717, 1.165) is 74.6 Å². The fourth-order valence-electron chi connectivity index (χ4n) is 8.42. The highest BCUT2D eigenvalue weighted by atomic mass is 16.5. The van der Waals surface area contributed by atoms with Crippen LogP contribution in [0.2, 0.25) is 0 Å². The summed E-state index contributed by atoms with van der Waals surface area (Å²) in [4.78, 5) is 27.5. The van der Waals surface area contributed by atoms with E-state index in [4.69, 9.17) is 9.47 Å². The number of aromatic amines is 1. The third-order valence-electron chi connectivity index (χ3n) is 11.3. The molecule has 1 aliphatic carbocycles. The van der Waals surface area contributed by atoms with Gasteiger partial charge in [0.2, 0.25) is 0 Å². The normalized spacial score (nSPS) is 19.0. The molecule has 9 heteroatoms. The first kappa shape index (κ1) is 34.2. The number of carbonyl (C=O) groups is 1. The Morgan fingerprint density at radius 1 is 0.923 bits per heavy atom. The van der Waals surface area contributed by atoms with Crippen LogP contribution in [0.1, 0.15) is 90.0 Å². The zero-order valence-corrected chi connectivity index (χ0v) is 30.4. The lowest BCUT2D eigenvalue weighted by molar-refractivity contribution is 0.0271. The highest BCUT2D eigenvalue weighted by Crippen LogP contribution is 2.45. The number of H-pyrrole nitrogens is 1. The van der Waals surface area contributed by atoms with Crippen molar-refractivity contribution in [3.05, 3.63) is 113 Å². The molecule has 8 rings (SSSR count). The number of nitrogens with one attached hydrogen (secondary N) is 1. The number of methoxy groups -OCH3 is 1. The predicted octanol–water partition coefficient (Wildman–Crippen LogP) is 8.59.